The van der Waals surface area contributed by atoms with Crippen LogP contribution in [0.4, 0.5) is 0 Å². The van der Waals surface area contributed by atoms with Crippen molar-refractivity contribution in [3.05, 3.63) is 0 Å². The van der Waals surface area contributed by atoms with Crippen LogP contribution in [0, 0.1) is 0 Å². The van der Waals surface area contributed by atoms with Gasteiger partial charge in [-0.2, -0.15) is 0 Å². The van der Waals surface area contributed by atoms with Crippen molar-refractivity contribution in [2.24, 2.45) is 11.5 Å². The van der Waals surface area contributed by atoms with Crippen molar-refractivity contribution in [1.82, 2.24) is 0 Å². The van der Waals surface area contributed by atoms with Crippen LogP contribution in [0.3, 0.4) is 0 Å². The molecule has 0 bridgehead atoms. The fourth-order valence-corrected chi connectivity index (χ4v) is 0. The maximum absolute atomic E-state index is 4.90. The topological polar surface area (TPSA) is 52.0 Å². The van der Waals surface area contributed by atoms with Crippen LogP contribution < -0.4 is 11.5 Å². The Balaban J connectivity index is -0.0000000450. The first-order chi connectivity index (χ1) is 1.91. The molecule has 0 aromatic heterocycles. The Hall–Kier alpha value is 2.18. The van der Waals surface area contributed by atoms with Crippen molar-refractivity contribution in [2.45, 2.75) is 0 Å². The Kier molecular flexibility index (Phi) is 41.1. The Morgan fingerprint density at radius 3 is 1.17 bits per heavy atom. The molecule has 0 aliphatic heterocycles. The van der Waals surface area contributed by atoms with Crippen LogP contribution in [0.2, 0.25) is 0 Å². The van der Waals surface area contributed by atoms with E-state index in [-0.39, 0.29) is 67.3 Å². The zero-order valence-corrected chi connectivity index (χ0v) is 2.57. The van der Waals surface area contributed by atoms with Crippen molar-refractivity contribution in [3.63, 3.8) is 0 Å². The molecular formula is C2H11CaN2Na. The van der Waals surface area contributed by atoms with Gasteiger partial charge < -0.3 is 11.5 Å². The van der Waals surface area contributed by atoms with Crippen LogP contribution in [0.25, 0.3) is 0 Å². The van der Waals surface area contributed by atoms with Crippen LogP contribution >= 0.6 is 0 Å². The zero-order chi connectivity index (χ0) is 3.41. The summed E-state index contributed by atoms with van der Waals surface area (Å²) in [6, 6.07) is 0. The van der Waals surface area contributed by atoms with Gasteiger partial charge in [0.05, 0.1) is 0 Å². The standard InChI is InChI=1S/C2H8N2.Ca.Na.3H/c3-1-2-4;;;;;/h1-4H2;;;;;. The summed E-state index contributed by atoms with van der Waals surface area (Å²) in [7, 11) is 0. The van der Waals surface area contributed by atoms with E-state index >= 15 is 0 Å². The summed E-state index contributed by atoms with van der Waals surface area (Å²) >= 11 is 0. The van der Waals surface area contributed by atoms with E-state index in [9.17, 15) is 0 Å². The van der Waals surface area contributed by atoms with Gasteiger partial charge in [0.25, 0.3) is 0 Å². The number of hydrogen-bond acceptors (Lipinski definition) is 2. The molecule has 0 amide bonds. The van der Waals surface area contributed by atoms with Gasteiger partial charge in [-0.1, -0.05) is 0 Å². The van der Waals surface area contributed by atoms with Crippen molar-refractivity contribution >= 4 is 67.3 Å². The molecule has 0 fully saturated rings. The zero-order valence-electron chi connectivity index (χ0n) is 2.57. The fraction of sp³-hybridized carbons (Fsp3) is 1.00. The van der Waals surface area contributed by atoms with Gasteiger partial charge >= 0.3 is 67.3 Å². The molecule has 0 rings (SSSR count). The summed E-state index contributed by atoms with van der Waals surface area (Å²) in [5.74, 6) is 0. The van der Waals surface area contributed by atoms with Gasteiger partial charge in [0, 0.05) is 13.1 Å². The number of hydrogen-bond donors (Lipinski definition) is 2. The van der Waals surface area contributed by atoms with Crippen molar-refractivity contribution in [2.75, 3.05) is 13.1 Å². The normalized spacial score (nSPS) is 5.00. The van der Waals surface area contributed by atoms with Crippen molar-refractivity contribution in [1.29, 1.82) is 0 Å². The summed E-state index contributed by atoms with van der Waals surface area (Å²) in [5, 5.41) is 0. The molecule has 4 heteroatoms. The molecule has 0 radical (unpaired) electrons. The van der Waals surface area contributed by atoms with Crippen molar-refractivity contribution < 1.29 is 0 Å². The second kappa shape index (κ2) is 15.7. The summed E-state index contributed by atoms with van der Waals surface area (Å²) in [5.41, 5.74) is 9.81. The predicted octanol–water partition coefficient (Wildman–Crippen LogP) is -2.66. The third-order valence-corrected chi connectivity index (χ3v) is 0.167. The first kappa shape index (κ1) is 15.7. The van der Waals surface area contributed by atoms with Crippen LogP contribution in [0.1, 0.15) is 0 Å². The van der Waals surface area contributed by atoms with Crippen LogP contribution in [-0.4, -0.2) is 80.4 Å². The molecule has 0 aromatic rings. The van der Waals surface area contributed by atoms with Crippen LogP contribution in [0.5, 0.6) is 0 Å². The molecule has 0 saturated carbocycles. The Morgan fingerprint density at radius 1 is 1.00 bits per heavy atom. The predicted molar refractivity (Wildman–Crippen MR) is 33.8 cm³/mol. The number of nitrogens with two attached hydrogens (primary N) is 2. The molecule has 0 atom stereocenters. The minimum atomic E-state index is 0. The summed E-state index contributed by atoms with van der Waals surface area (Å²) < 4.78 is 0. The van der Waals surface area contributed by atoms with E-state index < -0.39 is 0 Å². The van der Waals surface area contributed by atoms with Gasteiger partial charge in [-0.25, -0.2) is 0 Å². The van der Waals surface area contributed by atoms with Gasteiger partial charge in [0.1, 0.15) is 0 Å². The van der Waals surface area contributed by atoms with Crippen LogP contribution in [-0.2, 0) is 0 Å². The van der Waals surface area contributed by atoms with E-state index in [2.05, 4.69) is 0 Å². The number of rotatable bonds is 1. The Morgan fingerprint density at radius 2 is 1.17 bits per heavy atom. The summed E-state index contributed by atoms with van der Waals surface area (Å²) in [6.07, 6.45) is 0. The summed E-state index contributed by atoms with van der Waals surface area (Å²) in [4.78, 5) is 0. The van der Waals surface area contributed by atoms with Gasteiger partial charge in [-0.05, 0) is 0 Å². The molecule has 0 heterocycles. The molecule has 0 aliphatic rings. The van der Waals surface area contributed by atoms with E-state index in [1.165, 1.54) is 0 Å². The third-order valence-electron chi connectivity index (χ3n) is 0.167. The monoisotopic (exact) mass is 126 g/mol. The van der Waals surface area contributed by atoms with Gasteiger partial charge in [-0.15, -0.1) is 0 Å². The van der Waals surface area contributed by atoms with Crippen molar-refractivity contribution in [3.8, 4) is 0 Å². The van der Waals surface area contributed by atoms with E-state index in [0.29, 0.717) is 13.1 Å². The average molecular weight is 126 g/mol. The quantitative estimate of drug-likeness (QED) is 0.377. The van der Waals surface area contributed by atoms with E-state index in [1.807, 2.05) is 0 Å². The molecule has 0 aromatic carbocycles. The molecule has 4 N–H and O–H groups in total. The molecule has 0 unspecified atom stereocenters. The second-order valence-corrected chi connectivity index (χ2v) is 0.577. The van der Waals surface area contributed by atoms with E-state index in [0.717, 1.165) is 0 Å². The molecule has 0 aliphatic carbocycles. The van der Waals surface area contributed by atoms with E-state index in [1.54, 1.807) is 0 Å². The SMILES string of the molecule is NCCN.[CaH2].[NaH]. The average Bonchev–Trinajstić information content (AvgIpc) is 1.37. The first-order valence-corrected chi connectivity index (χ1v) is 1.32. The molecule has 0 spiro atoms. The van der Waals surface area contributed by atoms with E-state index in [4.69, 9.17) is 11.5 Å². The third kappa shape index (κ3) is 16.4. The molecule has 6 heavy (non-hydrogen) atoms. The van der Waals surface area contributed by atoms with Gasteiger partial charge in [0.15, 0.2) is 0 Å². The van der Waals surface area contributed by atoms with Crippen LogP contribution in [0.15, 0.2) is 0 Å². The summed E-state index contributed by atoms with van der Waals surface area (Å²) in [6.45, 7) is 1.19. The molecule has 2 nitrogen and oxygen atoms in total. The Bertz CT molecular complexity index is 13.5. The molecular weight excluding hydrogens is 115 g/mol. The Labute approximate surface area is 90.3 Å². The molecule has 0 saturated heterocycles. The first-order valence-electron chi connectivity index (χ1n) is 1.32. The fourth-order valence-electron chi connectivity index (χ4n) is 0. The van der Waals surface area contributed by atoms with Gasteiger partial charge in [0.2, 0.25) is 0 Å². The van der Waals surface area contributed by atoms with Gasteiger partial charge in [-0.3, -0.25) is 0 Å². The maximum atomic E-state index is 4.90. The minimum absolute atomic E-state index is 0. The second-order valence-electron chi connectivity index (χ2n) is 0.577. The molecule has 32 valence electrons.